The molecule has 0 unspecified atom stereocenters. The molecule has 0 radical (unpaired) electrons. The number of hydrogen-bond donors (Lipinski definition) is 1. The predicted octanol–water partition coefficient (Wildman–Crippen LogP) is 3.78. The highest BCUT2D eigenvalue weighted by Crippen LogP contribution is 2.47. The molecule has 2 aliphatic rings. The quantitative estimate of drug-likeness (QED) is 0.618. The van der Waals surface area contributed by atoms with E-state index in [1.807, 2.05) is 6.92 Å². The first-order chi connectivity index (χ1) is 7.39. The zero-order valence-corrected chi connectivity index (χ0v) is 11.2. The molecule has 1 nitrogen and oxygen atoms in total. The number of hydrogen-bond acceptors (Lipinski definition) is 1. The Morgan fingerprint density at radius 1 is 1.25 bits per heavy atom. The second kappa shape index (κ2) is 4.18. The van der Waals surface area contributed by atoms with Crippen molar-refractivity contribution in [3.63, 3.8) is 0 Å². The fourth-order valence-corrected chi connectivity index (χ4v) is 4.23. The van der Waals surface area contributed by atoms with Crippen molar-refractivity contribution in [1.82, 2.24) is 0 Å². The second-order valence-corrected chi connectivity index (χ2v) is 6.65. The summed E-state index contributed by atoms with van der Waals surface area (Å²) in [5.41, 5.74) is 1.09. The van der Waals surface area contributed by atoms with E-state index in [0.29, 0.717) is 11.8 Å². The summed E-state index contributed by atoms with van der Waals surface area (Å²) in [6.07, 6.45) is 6.98. The van der Waals surface area contributed by atoms with Crippen LogP contribution in [0.1, 0.15) is 53.4 Å². The van der Waals surface area contributed by atoms with E-state index in [9.17, 15) is 5.11 Å². The standard InChI is InChI=1S/C15H26O/c1-10-5-6-11(2)14-12(3)8-15(4,16)9-13(14)7-10/h7,11-14,16H,5-6,8-9H2,1-4H3/t11-,12-,13-,14+,15+/m0/s1. The van der Waals surface area contributed by atoms with Crippen LogP contribution in [0, 0.1) is 23.7 Å². The van der Waals surface area contributed by atoms with Crippen LogP contribution in [0.3, 0.4) is 0 Å². The Kier molecular flexibility index (Phi) is 3.18. The zero-order valence-electron chi connectivity index (χ0n) is 11.2. The number of aliphatic hydroxyl groups is 1. The van der Waals surface area contributed by atoms with Gasteiger partial charge in [0, 0.05) is 0 Å². The molecule has 2 aliphatic carbocycles. The van der Waals surface area contributed by atoms with Gasteiger partial charge < -0.3 is 5.11 Å². The summed E-state index contributed by atoms with van der Waals surface area (Å²) in [5.74, 6) is 2.87. The first-order valence-electron chi connectivity index (χ1n) is 6.79. The number of fused-ring (bicyclic) bond motifs is 1. The fourth-order valence-electron chi connectivity index (χ4n) is 4.23. The summed E-state index contributed by atoms with van der Waals surface area (Å²) in [6.45, 7) is 9.00. The first kappa shape index (κ1) is 12.2. The van der Waals surface area contributed by atoms with Crippen LogP contribution in [0.4, 0.5) is 0 Å². The molecule has 92 valence electrons. The van der Waals surface area contributed by atoms with Gasteiger partial charge in [-0.15, -0.1) is 0 Å². The molecule has 1 fully saturated rings. The van der Waals surface area contributed by atoms with Crippen molar-refractivity contribution >= 4 is 0 Å². The zero-order chi connectivity index (χ0) is 11.9. The van der Waals surface area contributed by atoms with E-state index in [1.165, 1.54) is 18.4 Å². The van der Waals surface area contributed by atoms with Crippen LogP contribution in [0.2, 0.25) is 0 Å². The minimum absolute atomic E-state index is 0.443. The predicted molar refractivity (Wildman–Crippen MR) is 68.2 cm³/mol. The van der Waals surface area contributed by atoms with E-state index in [1.54, 1.807) is 0 Å². The molecule has 0 aliphatic heterocycles. The fraction of sp³-hybridized carbons (Fsp3) is 0.867. The van der Waals surface area contributed by atoms with E-state index < -0.39 is 5.60 Å². The Hall–Kier alpha value is -0.300. The average Bonchev–Trinajstić information content (AvgIpc) is 2.23. The molecule has 1 heteroatoms. The van der Waals surface area contributed by atoms with Crippen LogP contribution in [-0.4, -0.2) is 10.7 Å². The van der Waals surface area contributed by atoms with Gasteiger partial charge in [-0.2, -0.15) is 0 Å². The van der Waals surface area contributed by atoms with Gasteiger partial charge in [-0.25, -0.2) is 0 Å². The van der Waals surface area contributed by atoms with Crippen LogP contribution in [0.25, 0.3) is 0 Å². The summed E-state index contributed by atoms with van der Waals surface area (Å²) in [4.78, 5) is 0. The van der Waals surface area contributed by atoms with E-state index in [-0.39, 0.29) is 0 Å². The molecule has 1 saturated carbocycles. The Labute approximate surface area is 99.9 Å². The monoisotopic (exact) mass is 222 g/mol. The lowest BCUT2D eigenvalue weighted by Gasteiger charge is -2.45. The van der Waals surface area contributed by atoms with Crippen molar-refractivity contribution in [2.45, 2.75) is 59.0 Å². The second-order valence-electron chi connectivity index (χ2n) is 6.65. The summed E-state index contributed by atoms with van der Waals surface area (Å²) in [7, 11) is 0. The van der Waals surface area contributed by atoms with Crippen LogP contribution >= 0.6 is 0 Å². The molecule has 0 spiro atoms. The highest BCUT2D eigenvalue weighted by Gasteiger charge is 2.42. The topological polar surface area (TPSA) is 20.2 Å². The lowest BCUT2D eigenvalue weighted by atomic mass is 9.63. The summed E-state index contributed by atoms with van der Waals surface area (Å²) < 4.78 is 0. The molecule has 5 atom stereocenters. The average molecular weight is 222 g/mol. The Balaban J connectivity index is 2.26. The van der Waals surface area contributed by atoms with Gasteiger partial charge in [-0.1, -0.05) is 25.5 Å². The molecule has 0 bridgehead atoms. The molecular weight excluding hydrogens is 196 g/mol. The van der Waals surface area contributed by atoms with Crippen molar-refractivity contribution < 1.29 is 5.11 Å². The van der Waals surface area contributed by atoms with Crippen molar-refractivity contribution in [1.29, 1.82) is 0 Å². The lowest BCUT2D eigenvalue weighted by Crippen LogP contribution is -2.42. The maximum atomic E-state index is 10.3. The third-order valence-corrected chi connectivity index (χ3v) is 4.74. The van der Waals surface area contributed by atoms with E-state index in [4.69, 9.17) is 0 Å². The van der Waals surface area contributed by atoms with Crippen LogP contribution in [-0.2, 0) is 0 Å². The molecule has 0 saturated heterocycles. The lowest BCUT2D eigenvalue weighted by molar-refractivity contribution is -0.0458. The number of allylic oxidation sites excluding steroid dienone is 2. The molecule has 0 aromatic heterocycles. The largest absolute Gasteiger partial charge is 0.390 e. The maximum absolute atomic E-state index is 10.3. The SMILES string of the molecule is CC1=C[C@H]2C[C@](C)(O)C[C@H](C)[C@H]2[C@@H](C)CC1. The molecule has 0 amide bonds. The molecule has 0 heterocycles. The number of rotatable bonds is 0. The van der Waals surface area contributed by atoms with Gasteiger partial charge in [0.15, 0.2) is 0 Å². The summed E-state index contributed by atoms with van der Waals surface area (Å²) >= 11 is 0. The van der Waals surface area contributed by atoms with Gasteiger partial charge in [0.25, 0.3) is 0 Å². The highest BCUT2D eigenvalue weighted by atomic mass is 16.3. The molecule has 16 heavy (non-hydrogen) atoms. The minimum atomic E-state index is -0.443. The van der Waals surface area contributed by atoms with Crippen molar-refractivity contribution in [2.75, 3.05) is 0 Å². The maximum Gasteiger partial charge on any atom is 0.0628 e. The van der Waals surface area contributed by atoms with Gasteiger partial charge in [0.1, 0.15) is 0 Å². The van der Waals surface area contributed by atoms with E-state index >= 15 is 0 Å². The van der Waals surface area contributed by atoms with Gasteiger partial charge in [-0.05, 0) is 63.2 Å². The van der Waals surface area contributed by atoms with Crippen molar-refractivity contribution in [3.8, 4) is 0 Å². The van der Waals surface area contributed by atoms with Crippen molar-refractivity contribution in [2.24, 2.45) is 23.7 Å². The first-order valence-corrected chi connectivity index (χ1v) is 6.79. The van der Waals surface area contributed by atoms with Gasteiger partial charge in [0.2, 0.25) is 0 Å². The molecule has 1 N–H and O–H groups in total. The Bertz CT molecular complexity index is 290. The highest BCUT2D eigenvalue weighted by molar-refractivity contribution is 5.10. The molecular formula is C15H26O. The Morgan fingerprint density at radius 2 is 1.94 bits per heavy atom. The van der Waals surface area contributed by atoms with Crippen LogP contribution in [0.15, 0.2) is 11.6 Å². The Morgan fingerprint density at radius 3 is 2.62 bits per heavy atom. The molecule has 2 rings (SSSR count). The molecule has 0 aromatic carbocycles. The normalized spacial score (nSPS) is 49.2. The van der Waals surface area contributed by atoms with Crippen LogP contribution < -0.4 is 0 Å². The minimum Gasteiger partial charge on any atom is -0.390 e. The van der Waals surface area contributed by atoms with Gasteiger partial charge in [-0.3, -0.25) is 0 Å². The smallest absolute Gasteiger partial charge is 0.0628 e. The van der Waals surface area contributed by atoms with E-state index in [2.05, 4.69) is 26.8 Å². The van der Waals surface area contributed by atoms with Gasteiger partial charge in [0.05, 0.1) is 5.60 Å². The summed E-state index contributed by atoms with van der Waals surface area (Å²) in [6, 6.07) is 0. The summed E-state index contributed by atoms with van der Waals surface area (Å²) in [5, 5.41) is 10.3. The molecule has 0 aromatic rings. The van der Waals surface area contributed by atoms with Gasteiger partial charge >= 0.3 is 0 Å². The van der Waals surface area contributed by atoms with Crippen LogP contribution in [0.5, 0.6) is 0 Å². The van der Waals surface area contributed by atoms with E-state index in [0.717, 1.165) is 24.7 Å². The van der Waals surface area contributed by atoms with Crippen molar-refractivity contribution in [3.05, 3.63) is 11.6 Å². The third-order valence-electron chi connectivity index (χ3n) is 4.74. The third kappa shape index (κ3) is 2.34.